The Morgan fingerprint density at radius 3 is 2.81 bits per heavy atom. The van der Waals surface area contributed by atoms with Crippen molar-refractivity contribution in [3.63, 3.8) is 0 Å². The van der Waals surface area contributed by atoms with Crippen LogP contribution in [0.5, 0.6) is 0 Å². The van der Waals surface area contributed by atoms with Crippen LogP contribution in [-0.4, -0.2) is 32.6 Å². The van der Waals surface area contributed by atoms with E-state index in [1.165, 1.54) is 52.4 Å². The average molecular weight is 394 g/mol. The van der Waals surface area contributed by atoms with E-state index in [1.807, 2.05) is 6.92 Å². The van der Waals surface area contributed by atoms with Gasteiger partial charge in [0, 0.05) is 11.7 Å². The maximum atomic E-state index is 13.3. The molecule has 1 aromatic carbocycles. The Hall–Kier alpha value is -1.80. The van der Waals surface area contributed by atoms with Gasteiger partial charge in [0.15, 0.2) is 5.16 Å². The number of ether oxygens (including phenoxy) is 1. The SMILES string of the molecule is CCOC(=O)[C@@H](C)Sc1nc2c(c(=O)n1-c1ccc(F)cc1)S[C@@H](C)C2. The summed E-state index contributed by atoms with van der Waals surface area (Å²) in [5.74, 6) is -0.742. The van der Waals surface area contributed by atoms with Crippen molar-refractivity contribution in [1.82, 2.24) is 9.55 Å². The van der Waals surface area contributed by atoms with Crippen LogP contribution in [0.15, 0.2) is 39.1 Å². The molecule has 0 fully saturated rings. The van der Waals surface area contributed by atoms with Crippen LogP contribution < -0.4 is 5.56 Å². The van der Waals surface area contributed by atoms with Crippen molar-refractivity contribution in [2.24, 2.45) is 0 Å². The number of carbonyl (C=O) groups excluding carboxylic acids is 1. The molecule has 2 atom stereocenters. The fraction of sp³-hybridized carbons (Fsp3) is 0.389. The lowest BCUT2D eigenvalue weighted by Gasteiger charge is -2.16. The Bertz CT molecular complexity index is 883. The third kappa shape index (κ3) is 3.81. The summed E-state index contributed by atoms with van der Waals surface area (Å²) < 4.78 is 19.8. The summed E-state index contributed by atoms with van der Waals surface area (Å²) in [4.78, 5) is 30.3. The largest absolute Gasteiger partial charge is 0.465 e. The van der Waals surface area contributed by atoms with E-state index >= 15 is 0 Å². The Kier molecular flexibility index (Phi) is 5.72. The first-order chi connectivity index (χ1) is 12.4. The van der Waals surface area contributed by atoms with E-state index in [0.29, 0.717) is 28.8 Å². The molecule has 2 aromatic rings. The number of benzene rings is 1. The van der Waals surface area contributed by atoms with Crippen molar-refractivity contribution >= 4 is 29.5 Å². The highest BCUT2D eigenvalue weighted by Crippen LogP contribution is 2.35. The number of hydrogen-bond acceptors (Lipinski definition) is 6. The third-order valence-electron chi connectivity index (χ3n) is 3.87. The second kappa shape index (κ2) is 7.84. The highest BCUT2D eigenvalue weighted by atomic mass is 32.2. The Morgan fingerprint density at radius 1 is 1.46 bits per heavy atom. The fourth-order valence-electron chi connectivity index (χ4n) is 2.66. The minimum Gasteiger partial charge on any atom is -0.465 e. The van der Waals surface area contributed by atoms with Gasteiger partial charge in [0.2, 0.25) is 0 Å². The molecule has 0 saturated heterocycles. The number of nitrogens with zero attached hydrogens (tertiary/aromatic N) is 2. The molecule has 0 spiro atoms. The van der Waals surface area contributed by atoms with Crippen LogP contribution in [0.2, 0.25) is 0 Å². The highest BCUT2D eigenvalue weighted by Gasteiger charge is 2.28. The van der Waals surface area contributed by atoms with Crippen molar-refractivity contribution in [2.45, 2.75) is 47.7 Å². The van der Waals surface area contributed by atoms with E-state index in [4.69, 9.17) is 4.74 Å². The van der Waals surface area contributed by atoms with Crippen molar-refractivity contribution in [3.05, 3.63) is 46.1 Å². The smallest absolute Gasteiger partial charge is 0.319 e. The van der Waals surface area contributed by atoms with Crippen molar-refractivity contribution in [2.75, 3.05) is 6.61 Å². The molecule has 3 rings (SSSR count). The van der Waals surface area contributed by atoms with Crippen molar-refractivity contribution < 1.29 is 13.9 Å². The number of esters is 1. The summed E-state index contributed by atoms with van der Waals surface area (Å²) in [6.45, 7) is 5.80. The van der Waals surface area contributed by atoms with Crippen LogP contribution >= 0.6 is 23.5 Å². The number of fused-ring (bicyclic) bond motifs is 1. The summed E-state index contributed by atoms with van der Waals surface area (Å²) in [7, 11) is 0. The van der Waals surface area contributed by atoms with Crippen LogP contribution in [0.1, 0.15) is 26.5 Å². The van der Waals surface area contributed by atoms with Gasteiger partial charge in [-0.2, -0.15) is 0 Å². The molecule has 1 aliphatic rings. The molecule has 138 valence electrons. The Balaban J connectivity index is 2.08. The Labute approximate surface area is 159 Å². The molecule has 0 radical (unpaired) electrons. The zero-order valence-corrected chi connectivity index (χ0v) is 16.3. The summed E-state index contributed by atoms with van der Waals surface area (Å²) >= 11 is 2.67. The monoisotopic (exact) mass is 394 g/mol. The van der Waals surface area contributed by atoms with Crippen molar-refractivity contribution in [1.29, 1.82) is 0 Å². The number of halogens is 1. The van der Waals surface area contributed by atoms with E-state index < -0.39 is 5.25 Å². The molecule has 5 nitrogen and oxygen atoms in total. The lowest BCUT2D eigenvalue weighted by molar-refractivity contribution is -0.142. The fourth-order valence-corrected chi connectivity index (χ4v) is 4.70. The first kappa shape index (κ1) is 19.0. The van der Waals surface area contributed by atoms with Crippen LogP contribution in [0.3, 0.4) is 0 Å². The predicted octanol–water partition coefficient (Wildman–Crippen LogP) is 3.45. The summed E-state index contributed by atoms with van der Waals surface area (Å²) in [5.41, 5.74) is 1.09. The predicted molar refractivity (Wildman–Crippen MR) is 101 cm³/mol. The molecular formula is C18H19FN2O3S2. The normalized spacial score (nSPS) is 17.0. The van der Waals surface area contributed by atoms with Crippen LogP contribution in [0, 0.1) is 5.82 Å². The first-order valence-corrected chi connectivity index (χ1v) is 10.1. The van der Waals surface area contributed by atoms with E-state index in [9.17, 15) is 14.0 Å². The minimum atomic E-state index is -0.516. The molecule has 0 amide bonds. The number of aromatic nitrogens is 2. The molecule has 8 heteroatoms. The number of hydrogen-bond donors (Lipinski definition) is 0. The third-order valence-corrected chi connectivity index (χ3v) is 6.11. The quantitative estimate of drug-likeness (QED) is 0.440. The minimum absolute atomic E-state index is 0.186. The van der Waals surface area contributed by atoms with E-state index in [0.717, 1.165) is 5.69 Å². The standard InChI is InChI=1S/C18H19FN2O3S2/c1-4-24-17(23)11(3)26-18-20-14-9-10(2)25-15(14)16(22)21(18)13-7-5-12(19)6-8-13/h5-8,10-11H,4,9H2,1-3H3/t10-,11+/m0/s1. The Morgan fingerprint density at radius 2 is 2.15 bits per heavy atom. The van der Waals surface area contributed by atoms with E-state index in [1.54, 1.807) is 13.8 Å². The van der Waals surface area contributed by atoms with Crippen LogP contribution in [-0.2, 0) is 16.0 Å². The van der Waals surface area contributed by atoms with Gasteiger partial charge >= 0.3 is 5.97 Å². The highest BCUT2D eigenvalue weighted by molar-refractivity contribution is 8.00. The maximum absolute atomic E-state index is 13.3. The topological polar surface area (TPSA) is 61.2 Å². The van der Waals surface area contributed by atoms with Crippen molar-refractivity contribution in [3.8, 4) is 5.69 Å². The van der Waals surface area contributed by atoms with Crippen LogP contribution in [0.25, 0.3) is 5.69 Å². The first-order valence-electron chi connectivity index (χ1n) is 8.32. The molecule has 26 heavy (non-hydrogen) atoms. The second-order valence-corrected chi connectivity index (χ2v) is 8.69. The molecule has 0 aliphatic carbocycles. The number of rotatable bonds is 5. The molecule has 0 saturated carbocycles. The molecule has 0 N–H and O–H groups in total. The zero-order chi connectivity index (χ0) is 18.8. The molecule has 1 aromatic heterocycles. The van der Waals surface area contributed by atoms with E-state index in [2.05, 4.69) is 4.98 Å². The summed E-state index contributed by atoms with van der Waals surface area (Å²) in [6, 6.07) is 5.67. The molecule has 0 bridgehead atoms. The molecule has 1 aliphatic heterocycles. The molecule has 0 unspecified atom stereocenters. The summed E-state index contributed by atoms with van der Waals surface area (Å²) in [6.07, 6.45) is 0.709. The zero-order valence-electron chi connectivity index (χ0n) is 14.7. The van der Waals surface area contributed by atoms with Gasteiger partial charge < -0.3 is 4.74 Å². The molecule has 2 heterocycles. The molecular weight excluding hydrogens is 375 g/mol. The average Bonchev–Trinajstić information content (AvgIpc) is 2.97. The van der Waals surface area contributed by atoms with Gasteiger partial charge in [0.1, 0.15) is 11.1 Å². The lowest BCUT2D eigenvalue weighted by Crippen LogP contribution is -2.26. The summed E-state index contributed by atoms with van der Waals surface area (Å²) in [5, 5.41) is 0.170. The van der Waals surface area contributed by atoms with Gasteiger partial charge in [-0.3, -0.25) is 14.2 Å². The number of thioether (sulfide) groups is 2. The van der Waals surface area contributed by atoms with Gasteiger partial charge in [0.05, 0.1) is 22.9 Å². The van der Waals surface area contributed by atoms with Gasteiger partial charge in [-0.25, -0.2) is 9.37 Å². The van der Waals surface area contributed by atoms with E-state index in [-0.39, 0.29) is 22.6 Å². The second-order valence-electron chi connectivity index (χ2n) is 5.93. The lowest BCUT2D eigenvalue weighted by atomic mass is 10.2. The number of carbonyl (C=O) groups is 1. The van der Waals surface area contributed by atoms with Gasteiger partial charge in [-0.15, -0.1) is 11.8 Å². The van der Waals surface area contributed by atoms with Gasteiger partial charge in [-0.05, 0) is 38.1 Å². The van der Waals surface area contributed by atoms with Crippen LogP contribution in [0.4, 0.5) is 4.39 Å². The van der Waals surface area contributed by atoms with Gasteiger partial charge in [0.25, 0.3) is 5.56 Å². The van der Waals surface area contributed by atoms with Gasteiger partial charge in [-0.1, -0.05) is 18.7 Å². The maximum Gasteiger partial charge on any atom is 0.319 e.